The Morgan fingerprint density at radius 1 is 1.12 bits per heavy atom. The minimum Gasteiger partial charge on any atom is -0.424 e. The molecule has 88 valence electrons. The van der Waals surface area contributed by atoms with E-state index < -0.39 is 0 Å². The summed E-state index contributed by atoms with van der Waals surface area (Å²) in [5, 5.41) is 3.04. The van der Waals surface area contributed by atoms with E-state index in [0.29, 0.717) is 6.01 Å². The van der Waals surface area contributed by atoms with Crippen LogP contribution in [0.3, 0.4) is 0 Å². The molecule has 0 bridgehead atoms. The molecule has 0 fully saturated rings. The zero-order chi connectivity index (χ0) is 12.1. The zero-order valence-corrected chi connectivity index (χ0v) is 9.97. The number of aromatic nitrogens is 2. The van der Waals surface area contributed by atoms with Crippen molar-refractivity contribution in [1.82, 2.24) is 15.3 Å². The maximum Gasteiger partial charge on any atom is 0.321 e. The van der Waals surface area contributed by atoms with E-state index in [2.05, 4.69) is 15.3 Å². The van der Waals surface area contributed by atoms with Gasteiger partial charge in [0.05, 0.1) is 0 Å². The van der Waals surface area contributed by atoms with Crippen molar-refractivity contribution in [2.24, 2.45) is 0 Å². The highest BCUT2D eigenvalue weighted by molar-refractivity contribution is 5.28. The molecule has 1 aromatic carbocycles. The standard InChI is InChI=1S/C13H15N3O/c1-10-3-5-12(6-4-10)17-13-15-8-11(7-14-2)9-16-13/h3-6,8-9,14H,7H2,1-2H3. The van der Waals surface area contributed by atoms with Crippen LogP contribution in [0.25, 0.3) is 0 Å². The van der Waals surface area contributed by atoms with E-state index in [9.17, 15) is 0 Å². The van der Waals surface area contributed by atoms with Gasteiger partial charge in [-0.15, -0.1) is 0 Å². The Morgan fingerprint density at radius 3 is 2.35 bits per heavy atom. The third kappa shape index (κ3) is 3.26. The van der Waals surface area contributed by atoms with Crippen LogP contribution in [0.1, 0.15) is 11.1 Å². The average Bonchev–Trinajstić information content (AvgIpc) is 2.35. The summed E-state index contributed by atoms with van der Waals surface area (Å²) >= 11 is 0. The molecular weight excluding hydrogens is 214 g/mol. The third-order valence-corrected chi connectivity index (χ3v) is 2.29. The highest BCUT2D eigenvalue weighted by atomic mass is 16.5. The van der Waals surface area contributed by atoms with Gasteiger partial charge in [-0.1, -0.05) is 17.7 Å². The third-order valence-electron chi connectivity index (χ3n) is 2.29. The molecule has 0 aliphatic carbocycles. The Bertz CT molecular complexity index is 465. The van der Waals surface area contributed by atoms with Crippen LogP contribution in [0.15, 0.2) is 36.7 Å². The largest absolute Gasteiger partial charge is 0.424 e. The number of nitrogens with one attached hydrogen (secondary N) is 1. The van der Waals surface area contributed by atoms with Gasteiger partial charge in [0.15, 0.2) is 0 Å². The molecule has 0 spiro atoms. The number of nitrogens with zero attached hydrogens (tertiary/aromatic N) is 2. The van der Waals surface area contributed by atoms with Crippen LogP contribution >= 0.6 is 0 Å². The maximum absolute atomic E-state index is 5.52. The average molecular weight is 229 g/mol. The summed E-state index contributed by atoms with van der Waals surface area (Å²) in [6.07, 6.45) is 3.51. The number of hydrogen-bond donors (Lipinski definition) is 1. The second-order valence-corrected chi connectivity index (χ2v) is 3.82. The van der Waals surface area contributed by atoms with Gasteiger partial charge in [-0.25, -0.2) is 9.97 Å². The second-order valence-electron chi connectivity index (χ2n) is 3.82. The van der Waals surface area contributed by atoms with Gasteiger partial charge in [-0.3, -0.25) is 0 Å². The molecule has 0 unspecified atom stereocenters. The van der Waals surface area contributed by atoms with Gasteiger partial charge in [0, 0.05) is 24.5 Å². The van der Waals surface area contributed by atoms with Crippen molar-refractivity contribution in [2.45, 2.75) is 13.5 Å². The van der Waals surface area contributed by atoms with E-state index in [1.54, 1.807) is 12.4 Å². The first kappa shape index (κ1) is 11.5. The molecule has 0 saturated carbocycles. The molecule has 0 radical (unpaired) electrons. The van der Waals surface area contributed by atoms with E-state index in [-0.39, 0.29) is 0 Å². The normalized spacial score (nSPS) is 10.2. The number of hydrogen-bond acceptors (Lipinski definition) is 4. The molecule has 2 rings (SSSR count). The van der Waals surface area contributed by atoms with Crippen LogP contribution in [-0.4, -0.2) is 17.0 Å². The van der Waals surface area contributed by atoms with Gasteiger partial charge in [-0.05, 0) is 26.1 Å². The molecule has 1 aromatic heterocycles. The summed E-state index contributed by atoms with van der Waals surface area (Å²) in [4.78, 5) is 8.28. The van der Waals surface area contributed by atoms with E-state index in [1.807, 2.05) is 38.2 Å². The van der Waals surface area contributed by atoms with Gasteiger partial charge < -0.3 is 10.1 Å². The van der Waals surface area contributed by atoms with E-state index in [0.717, 1.165) is 17.9 Å². The number of aryl methyl sites for hydroxylation is 1. The predicted molar refractivity (Wildman–Crippen MR) is 66.0 cm³/mol. The Kier molecular flexibility index (Phi) is 3.67. The predicted octanol–water partition coefficient (Wildman–Crippen LogP) is 2.30. The van der Waals surface area contributed by atoms with Crippen molar-refractivity contribution in [3.63, 3.8) is 0 Å². The van der Waals surface area contributed by atoms with Gasteiger partial charge in [0.25, 0.3) is 0 Å². The molecule has 1 heterocycles. The first-order chi connectivity index (χ1) is 8.28. The van der Waals surface area contributed by atoms with E-state index in [1.165, 1.54) is 5.56 Å². The first-order valence-corrected chi connectivity index (χ1v) is 5.48. The van der Waals surface area contributed by atoms with Crippen molar-refractivity contribution in [3.05, 3.63) is 47.8 Å². The Balaban J connectivity index is 2.05. The van der Waals surface area contributed by atoms with Crippen molar-refractivity contribution in [2.75, 3.05) is 7.05 Å². The fourth-order valence-electron chi connectivity index (χ4n) is 1.40. The lowest BCUT2D eigenvalue weighted by molar-refractivity contribution is 0.440. The van der Waals surface area contributed by atoms with Crippen LogP contribution in [0.5, 0.6) is 11.8 Å². The van der Waals surface area contributed by atoms with Crippen LogP contribution < -0.4 is 10.1 Å². The molecule has 4 heteroatoms. The summed E-state index contributed by atoms with van der Waals surface area (Å²) in [5.74, 6) is 0.747. The first-order valence-electron chi connectivity index (χ1n) is 5.48. The quantitative estimate of drug-likeness (QED) is 0.873. The molecule has 17 heavy (non-hydrogen) atoms. The summed E-state index contributed by atoms with van der Waals surface area (Å²) in [6.45, 7) is 2.79. The lowest BCUT2D eigenvalue weighted by atomic mass is 10.2. The highest BCUT2D eigenvalue weighted by Gasteiger charge is 2.00. The zero-order valence-electron chi connectivity index (χ0n) is 9.97. The number of ether oxygens (including phenoxy) is 1. The van der Waals surface area contributed by atoms with Gasteiger partial charge in [0.1, 0.15) is 5.75 Å². The van der Waals surface area contributed by atoms with Crippen molar-refractivity contribution < 1.29 is 4.74 Å². The highest BCUT2D eigenvalue weighted by Crippen LogP contribution is 2.17. The van der Waals surface area contributed by atoms with Gasteiger partial charge in [-0.2, -0.15) is 0 Å². The molecular formula is C13H15N3O. The Labute approximate surface area is 101 Å². The number of benzene rings is 1. The van der Waals surface area contributed by atoms with Crippen LogP contribution in [0, 0.1) is 6.92 Å². The summed E-state index contributed by atoms with van der Waals surface area (Å²) in [6, 6.07) is 8.16. The number of rotatable bonds is 4. The van der Waals surface area contributed by atoms with Crippen LogP contribution in [0.4, 0.5) is 0 Å². The van der Waals surface area contributed by atoms with E-state index in [4.69, 9.17) is 4.74 Å². The molecule has 0 saturated heterocycles. The summed E-state index contributed by atoms with van der Waals surface area (Å²) < 4.78 is 5.52. The Morgan fingerprint density at radius 2 is 1.76 bits per heavy atom. The molecule has 0 aliphatic heterocycles. The molecule has 4 nitrogen and oxygen atoms in total. The summed E-state index contributed by atoms with van der Waals surface area (Å²) in [7, 11) is 1.89. The smallest absolute Gasteiger partial charge is 0.321 e. The van der Waals surface area contributed by atoms with Crippen molar-refractivity contribution in [3.8, 4) is 11.8 Å². The molecule has 0 aliphatic rings. The Hall–Kier alpha value is -1.94. The molecule has 2 aromatic rings. The molecule has 1 N–H and O–H groups in total. The van der Waals surface area contributed by atoms with Crippen LogP contribution in [0.2, 0.25) is 0 Å². The molecule has 0 atom stereocenters. The lowest BCUT2D eigenvalue weighted by Crippen LogP contribution is -2.06. The van der Waals surface area contributed by atoms with Gasteiger partial charge in [0.2, 0.25) is 0 Å². The second kappa shape index (κ2) is 5.41. The summed E-state index contributed by atoms with van der Waals surface area (Å²) in [5.41, 5.74) is 2.23. The van der Waals surface area contributed by atoms with Crippen molar-refractivity contribution >= 4 is 0 Å². The lowest BCUT2D eigenvalue weighted by Gasteiger charge is -2.04. The minimum atomic E-state index is 0.369. The topological polar surface area (TPSA) is 47.0 Å². The fraction of sp³-hybridized carbons (Fsp3) is 0.231. The maximum atomic E-state index is 5.52. The van der Waals surface area contributed by atoms with Crippen molar-refractivity contribution in [1.29, 1.82) is 0 Å². The minimum absolute atomic E-state index is 0.369. The van der Waals surface area contributed by atoms with E-state index >= 15 is 0 Å². The van der Waals surface area contributed by atoms with Crippen LogP contribution in [-0.2, 0) is 6.54 Å². The fourth-order valence-corrected chi connectivity index (χ4v) is 1.40. The molecule has 0 amide bonds. The SMILES string of the molecule is CNCc1cnc(Oc2ccc(C)cc2)nc1. The monoisotopic (exact) mass is 229 g/mol. The van der Waals surface area contributed by atoms with Gasteiger partial charge >= 0.3 is 6.01 Å².